The minimum Gasteiger partial charge on any atom is -0.481 e. The van der Waals surface area contributed by atoms with Crippen molar-refractivity contribution in [3.63, 3.8) is 0 Å². The summed E-state index contributed by atoms with van der Waals surface area (Å²) in [5.41, 5.74) is 1.03. The van der Waals surface area contributed by atoms with E-state index < -0.39 is 16.0 Å². The highest BCUT2D eigenvalue weighted by Gasteiger charge is 2.37. The van der Waals surface area contributed by atoms with Crippen molar-refractivity contribution in [2.75, 3.05) is 6.54 Å². The number of aromatic amines is 2. The molecule has 0 atom stereocenters. The van der Waals surface area contributed by atoms with Crippen LogP contribution in [0.15, 0.2) is 34.1 Å². The molecule has 10 heteroatoms. The van der Waals surface area contributed by atoms with E-state index in [0.717, 1.165) is 12.8 Å². The Morgan fingerprint density at radius 1 is 1.33 bits per heavy atom. The zero-order valence-electron chi connectivity index (χ0n) is 16.0. The van der Waals surface area contributed by atoms with Gasteiger partial charge in [0.1, 0.15) is 5.52 Å². The molecule has 2 aromatic heterocycles. The Kier molecular flexibility index (Phi) is 5.09. The van der Waals surface area contributed by atoms with Gasteiger partial charge in [-0.05, 0) is 43.0 Å². The smallest absolute Gasteiger partial charge is 0.303 e. The molecule has 0 amide bonds. The van der Waals surface area contributed by atoms with Crippen LogP contribution in [0, 0.1) is 11.3 Å². The summed E-state index contributed by atoms with van der Waals surface area (Å²) >= 11 is 0. The summed E-state index contributed by atoms with van der Waals surface area (Å²) in [5.74, 6) is -0.959. The number of hydrogen-bond acceptors (Lipinski definition) is 5. The SMILES string of the molecule is N#CCCN(C1CC1)S(=O)(=O)c1ccc2[nH]c(=O)c3[nH]cc(CCC(=O)O)c3c2c1. The van der Waals surface area contributed by atoms with Crippen LogP contribution in [0.1, 0.15) is 31.2 Å². The molecule has 1 aromatic carbocycles. The van der Waals surface area contributed by atoms with Gasteiger partial charge in [0.2, 0.25) is 10.0 Å². The average Bonchev–Trinajstić information content (AvgIpc) is 3.44. The number of nitrogens with one attached hydrogen (secondary N) is 2. The molecule has 1 fully saturated rings. The van der Waals surface area contributed by atoms with E-state index in [2.05, 4.69) is 9.97 Å². The van der Waals surface area contributed by atoms with Crippen molar-refractivity contribution in [2.45, 2.75) is 43.0 Å². The van der Waals surface area contributed by atoms with Crippen molar-refractivity contribution in [2.24, 2.45) is 0 Å². The number of aromatic nitrogens is 2. The van der Waals surface area contributed by atoms with E-state index in [9.17, 15) is 18.0 Å². The fraction of sp³-hybridized carbons (Fsp3) is 0.350. The van der Waals surface area contributed by atoms with Crippen molar-refractivity contribution >= 4 is 37.8 Å². The summed E-state index contributed by atoms with van der Waals surface area (Å²) in [5, 5.41) is 19.0. The van der Waals surface area contributed by atoms with Gasteiger partial charge in [0, 0.05) is 47.9 Å². The molecule has 0 bridgehead atoms. The van der Waals surface area contributed by atoms with Gasteiger partial charge in [-0.2, -0.15) is 9.57 Å². The summed E-state index contributed by atoms with van der Waals surface area (Å²) in [6.07, 6.45) is 3.34. The van der Waals surface area contributed by atoms with Gasteiger partial charge in [-0.25, -0.2) is 8.42 Å². The van der Waals surface area contributed by atoms with Gasteiger partial charge in [0.15, 0.2) is 0 Å². The van der Waals surface area contributed by atoms with E-state index in [1.54, 1.807) is 12.3 Å². The van der Waals surface area contributed by atoms with E-state index in [1.807, 2.05) is 6.07 Å². The normalized spacial score (nSPS) is 14.4. The quantitative estimate of drug-likeness (QED) is 0.500. The summed E-state index contributed by atoms with van der Waals surface area (Å²) in [6.45, 7) is 0.136. The van der Waals surface area contributed by atoms with E-state index >= 15 is 0 Å². The molecule has 9 nitrogen and oxygen atoms in total. The average molecular weight is 428 g/mol. The van der Waals surface area contributed by atoms with Crippen LogP contribution in [-0.2, 0) is 21.2 Å². The van der Waals surface area contributed by atoms with Crippen LogP contribution in [0.25, 0.3) is 21.8 Å². The lowest BCUT2D eigenvalue weighted by Crippen LogP contribution is -2.34. The number of pyridine rings is 1. The van der Waals surface area contributed by atoms with E-state index in [1.165, 1.54) is 16.4 Å². The maximum absolute atomic E-state index is 13.3. The first-order chi connectivity index (χ1) is 14.3. The van der Waals surface area contributed by atoms with E-state index in [-0.39, 0.29) is 47.8 Å². The number of rotatable bonds is 8. The first-order valence-corrected chi connectivity index (χ1v) is 11.0. The van der Waals surface area contributed by atoms with Gasteiger partial charge in [0.25, 0.3) is 5.56 Å². The van der Waals surface area contributed by atoms with Crippen LogP contribution >= 0.6 is 0 Å². The van der Waals surface area contributed by atoms with Crippen LogP contribution < -0.4 is 5.56 Å². The zero-order chi connectivity index (χ0) is 21.5. The third kappa shape index (κ3) is 3.58. The maximum Gasteiger partial charge on any atom is 0.303 e. The number of carboxylic acid groups (broad SMARTS) is 1. The number of nitriles is 1. The molecule has 1 saturated carbocycles. The third-order valence-corrected chi connectivity index (χ3v) is 7.26. The molecule has 4 rings (SSSR count). The minimum atomic E-state index is -3.82. The third-order valence-electron chi connectivity index (χ3n) is 5.31. The van der Waals surface area contributed by atoms with Gasteiger partial charge in [0.05, 0.1) is 11.0 Å². The molecule has 0 unspecified atom stereocenters. The van der Waals surface area contributed by atoms with E-state index in [0.29, 0.717) is 21.9 Å². The fourth-order valence-corrected chi connectivity index (χ4v) is 5.44. The highest BCUT2D eigenvalue weighted by molar-refractivity contribution is 7.89. The van der Waals surface area contributed by atoms with Crippen LogP contribution in [0.5, 0.6) is 0 Å². The maximum atomic E-state index is 13.3. The predicted octanol–water partition coefficient (Wildman–Crippen LogP) is 2.09. The number of fused-ring (bicyclic) bond motifs is 3. The topological polar surface area (TPSA) is 147 Å². The first kappa shape index (κ1) is 20.1. The second-order valence-corrected chi connectivity index (χ2v) is 9.26. The summed E-state index contributed by atoms with van der Waals surface area (Å²) in [4.78, 5) is 29.1. The molecule has 0 spiro atoms. The Morgan fingerprint density at radius 3 is 2.77 bits per heavy atom. The molecule has 30 heavy (non-hydrogen) atoms. The molecule has 156 valence electrons. The Balaban J connectivity index is 1.87. The molecule has 2 heterocycles. The summed E-state index contributed by atoms with van der Waals surface area (Å²) in [6, 6.07) is 6.42. The molecular weight excluding hydrogens is 408 g/mol. The Labute approximate surface area is 172 Å². The van der Waals surface area contributed by atoms with Crippen molar-refractivity contribution in [1.29, 1.82) is 5.26 Å². The van der Waals surface area contributed by atoms with Gasteiger partial charge in [-0.1, -0.05) is 0 Å². The minimum absolute atomic E-state index is 0.0820. The number of H-pyrrole nitrogens is 2. The standard InChI is InChI=1S/C20H20N4O5S/c21-8-1-9-24(13-3-4-13)30(28,29)14-5-6-16-15(10-14)18-12(2-7-17(25)26)11-22-19(18)20(27)23-16/h5-6,10-11,13,22H,1-4,7,9H2,(H,23,27)(H,25,26). The van der Waals surface area contributed by atoms with Crippen LogP contribution in [0.2, 0.25) is 0 Å². The molecule has 1 aliphatic carbocycles. The van der Waals surface area contributed by atoms with Gasteiger partial charge >= 0.3 is 5.97 Å². The van der Waals surface area contributed by atoms with Crippen LogP contribution in [-0.4, -0.2) is 46.4 Å². The number of sulfonamides is 1. The monoisotopic (exact) mass is 428 g/mol. The number of carbonyl (C=O) groups is 1. The predicted molar refractivity (Wildman–Crippen MR) is 110 cm³/mol. The Bertz CT molecular complexity index is 1350. The molecule has 3 N–H and O–H groups in total. The Morgan fingerprint density at radius 2 is 2.10 bits per heavy atom. The lowest BCUT2D eigenvalue weighted by Gasteiger charge is -2.21. The number of carboxylic acids is 1. The van der Waals surface area contributed by atoms with E-state index in [4.69, 9.17) is 10.4 Å². The van der Waals surface area contributed by atoms with Crippen molar-refractivity contribution in [3.8, 4) is 6.07 Å². The zero-order valence-corrected chi connectivity index (χ0v) is 16.8. The van der Waals surface area contributed by atoms with Crippen LogP contribution in [0.4, 0.5) is 0 Å². The number of nitrogens with zero attached hydrogens (tertiary/aromatic N) is 2. The highest BCUT2D eigenvalue weighted by Crippen LogP contribution is 2.34. The molecular formula is C20H20N4O5S. The van der Waals surface area contributed by atoms with Gasteiger partial charge in [-0.3, -0.25) is 9.59 Å². The first-order valence-electron chi connectivity index (χ1n) is 9.59. The second-order valence-electron chi connectivity index (χ2n) is 7.37. The van der Waals surface area contributed by atoms with Crippen molar-refractivity contribution in [1.82, 2.24) is 14.3 Å². The second kappa shape index (κ2) is 7.59. The lowest BCUT2D eigenvalue weighted by molar-refractivity contribution is -0.136. The van der Waals surface area contributed by atoms with Gasteiger partial charge in [-0.15, -0.1) is 0 Å². The molecule has 0 saturated heterocycles. The number of aliphatic carboxylic acids is 1. The highest BCUT2D eigenvalue weighted by atomic mass is 32.2. The van der Waals surface area contributed by atoms with Crippen LogP contribution in [0.3, 0.4) is 0 Å². The largest absolute Gasteiger partial charge is 0.481 e. The fourth-order valence-electron chi connectivity index (χ4n) is 3.73. The Hall–Kier alpha value is -3.16. The lowest BCUT2D eigenvalue weighted by atomic mass is 10.0. The summed E-state index contributed by atoms with van der Waals surface area (Å²) < 4.78 is 27.9. The molecule has 0 radical (unpaired) electrons. The van der Waals surface area contributed by atoms with Crippen molar-refractivity contribution in [3.05, 3.63) is 40.3 Å². The number of aryl methyl sites for hydroxylation is 1. The van der Waals surface area contributed by atoms with Gasteiger partial charge < -0.3 is 15.1 Å². The number of benzene rings is 1. The number of hydrogen-bond donors (Lipinski definition) is 3. The molecule has 0 aliphatic heterocycles. The molecule has 3 aromatic rings. The molecule has 1 aliphatic rings. The van der Waals surface area contributed by atoms with Crippen molar-refractivity contribution < 1.29 is 18.3 Å². The summed E-state index contributed by atoms with van der Waals surface area (Å²) in [7, 11) is -3.82.